The molecule has 1 fully saturated rings. The summed E-state index contributed by atoms with van der Waals surface area (Å²) in [5.74, 6) is 0.104. The van der Waals surface area contributed by atoms with Crippen molar-refractivity contribution in [2.75, 3.05) is 18.4 Å². The minimum absolute atomic E-state index is 0. The van der Waals surface area contributed by atoms with E-state index in [1.54, 1.807) is 12.1 Å². The number of carbonyl (C=O) groups excluding carboxylic acids is 2. The smallest absolute Gasteiger partial charge is 0.255 e. The monoisotopic (exact) mass is 419 g/mol. The maximum Gasteiger partial charge on any atom is 0.255 e. The van der Waals surface area contributed by atoms with Crippen LogP contribution in [0.1, 0.15) is 41.6 Å². The zero-order chi connectivity index (χ0) is 19.8. The molecule has 156 valence electrons. The highest BCUT2D eigenvalue weighted by molar-refractivity contribution is 6.04. The number of amides is 2. The Morgan fingerprint density at radius 1 is 1.00 bits per heavy atom. The van der Waals surface area contributed by atoms with Crippen molar-refractivity contribution in [2.24, 2.45) is 5.92 Å². The van der Waals surface area contributed by atoms with E-state index in [-0.39, 0.29) is 30.0 Å². The molecule has 1 aliphatic rings. The van der Waals surface area contributed by atoms with Crippen LogP contribution in [0, 0.1) is 11.7 Å². The van der Waals surface area contributed by atoms with Crippen LogP contribution in [0.25, 0.3) is 0 Å². The van der Waals surface area contributed by atoms with Crippen molar-refractivity contribution in [1.29, 1.82) is 0 Å². The first kappa shape index (κ1) is 22.8. The first-order valence-electron chi connectivity index (χ1n) is 9.73. The molecule has 0 aromatic heterocycles. The topological polar surface area (TPSA) is 70.2 Å². The summed E-state index contributed by atoms with van der Waals surface area (Å²) in [5.41, 5.74) is 1.98. The Kier molecular flexibility index (Phi) is 9.09. The molecule has 2 aromatic carbocycles. The van der Waals surface area contributed by atoms with Gasteiger partial charge in [0.25, 0.3) is 5.91 Å². The molecule has 0 saturated carbocycles. The molecular formula is C22H27ClFN3O2. The van der Waals surface area contributed by atoms with E-state index in [9.17, 15) is 14.0 Å². The van der Waals surface area contributed by atoms with Gasteiger partial charge in [-0.15, -0.1) is 12.4 Å². The van der Waals surface area contributed by atoms with Gasteiger partial charge < -0.3 is 16.0 Å². The van der Waals surface area contributed by atoms with Crippen molar-refractivity contribution in [2.45, 2.75) is 32.2 Å². The molecule has 29 heavy (non-hydrogen) atoms. The Morgan fingerprint density at radius 3 is 2.31 bits per heavy atom. The van der Waals surface area contributed by atoms with Crippen molar-refractivity contribution in [3.05, 3.63) is 65.5 Å². The normalized spacial score (nSPS) is 14.0. The van der Waals surface area contributed by atoms with Crippen LogP contribution in [0.3, 0.4) is 0 Å². The Bertz CT molecular complexity index is 791. The van der Waals surface area contributed by atoms with Gasteiger partial charge in [0, 0.05) is 24.2 Å². The SMILES string of the molecule is Cl.O=C(CCC1CCNCC1)NCc1ccc(C(=O)Nc2ccc(F)cc2)cc1. The number of benzene rings is 2. The highest BCUT2D eigenvalue weighted by atomic mass is 35.5. The van der Waals surface area contributed by atoms with Crippen molar-refractivity contribution >= 4 is 29.9 Å². The molecule has 3 rings (SSSR count). The third-order valence-electron chi connectivity index (χ3n) is 5.05. The Hall–Kier alpha value is -2.44. The largest absolute Gasteiger partial charge is 0.352 e. The summed E-state index contributed by atoms with van der Waals surface area (Å²) in [4.78, 5) is 24.3. The predicted octanol–water partition coefficient (Wildman–Crippen LogP) is 3.90. The zero-order valence-electron chi connectivity index (χ0n) is 16.2. The summed E-state index contributed by atoms with van der Waals surface area (Å²) in [6, 6.07) is 12.7. The highest BCUT2D eigenvalue weighted by Gasteiger charge is 2.14. The molecule has 0 atom stereocenters. The fourth-order valence-corrected chi connectivity index (χ4v) is 3.31. The Morgan fingerprint density at radius 2 is 1.66 bits per heavy atom. The molecule has 1 saturated heterocycles. The predicted molar refractivity (Wildman–Crippen MR) is 115 cm³/mol. The van der Waals surface area contributed by atoms with Gasteiger partial charge in [0.2, 0.25) is 5.91 Å². The van der Waals surface area contributed by atoms with E-state index in [1.807, 2.05) is 12.1 Å². The molecule has 2 amide bonds. The average molecular weight is 420 g/mol. The van der Waals surface area contributed by atoms with Gasteiger partial charge in [-0.3, -0.25) is 9.59 Å². The third-order valence-corrected chi connectivity index (χ3v) is 5.05. The highest BCUT2D eigenvalue weighted by Crippen LogP contribution is 2.17. The second-order valence-electron chi connectivity index (χ2n) is 7.17. The van der Waals surface area contributed by atoms with Crippen LogP contribution in [0.2, 0.25) is 0 Å². The maximum absolute atomic E-state index is 12.9. The van der Waals surface area contributed by atoms with Crippen LogP contribution < -0.4 is 16.0 Å². The summed E-state index contributed by atoms with van der Waals surface area (Å²) in [6.45, 7) is 2.55. The number of halogens is 2. The molecule has 7 heteroatoms. The van der Waals surface area contributed by atoms with Crippen LogP contribution in [-0.2, 0) is 11.3 Å². The van der Waals surface area contributed by atoms with Crippen LogP contribution in [-0.4, -0.2) is 24.9 Å². The molecule has 0 radical (unpaired) electrons. The van der Waals surface area contributed by atoms with Crippen molar-refractivity contribution in [3.63, 3.8) is 0 Å². The zero-order valence-corrected chi connectivity index (χ0v) is 17.1. The van der Waals surface area contributed by atoms with E-state index < -0.39 is 0 Å². The average Bonchev–Trinajstić information content (AvgIpc) is 2.73. The van der Waals surface area contributed by atoms with Crippen molar-refractivity contribution < 1.29 is 14.0 Å². The van der Waals surface area contributed by atoms with Crippen LogP contribution >= 0.6 is 12.4 Å². The molecule has 1 aliphatic heterocycles. The fourth-order valence-electron chi connectivity index (χ4n) is 3.31. The second kappa shape index (κ2) is 11.5. The summed E-state index contributed by atoms with van der Waals surface area (Å²) in [7, 11) is 0. The molecule has 0 bridgehead atoms. The van der Waals surface area contributed by atoms with Gasteiger partial charge in [-0.25, -0.2) is 4.39 Å². The second-order valence-corrected chi connectivity index (χ2v) is 7.17. The van der Waals surface area contributed by atoms with Gasteiger partial charge >= 0.3 is 0 Å². The number of piperidine rings is 1. The Labute approximate surface area is 176 Å². The molecule has 2 aromatic rings. The number of anilines is 1. The molecular weight excluding hydrogens is 393 g/mol. The lowest BCUT2D eigenvalue weighted by Gasteiger charge is -2.22. The van der Waals surface area contributed by atoms with E-state index in [0.29, 0.717) is 30.1 Å². The van der Waals surface area contributed by atoms with Crippen molar-refractivity contribution in [3.8, 4) is 0 Å². The van der Waals surface area contributed by atoms with Gasteiger partial charge in [0.05, 0.1) is 0 Å². The summed E-state index contributed by atoms with van der Waals surface area (Å²) >= 11 is 0. The van der Waals surface area contributed by atoms with E-state index in [2.05, 4.69) is 16.0 Å². The van der Waals surface area contributed by atoms with Gasteiger partial charge in [-0.1, -0.05) is 12.1 Å². The van der Waals surface area contributed by atoms with E-state index >= 15 is 0 Å². The maximum atomic E-state index is 12.9. The Balaban J connectivity index is 0.00000300. The van der Waals surface area contributed by atoms with Gasteiger partial charge in [-0.2, -0.15) is 0 Å². The van der Waals surface area contributed by atoms with Gasteiger partial charge in [0.15, 0.2) is 0 Å². The summed E-state index contributed by atoms with van der Waals surface area (Å²) < 4.78 is 12.9. The number of carbonyl (C=O) groups is 2. The fraction of sp³-hybridized carbons (Fsp3) is 0.364. The van der Waals surface area contributed by atoms with Crippen LogP contribution in [0.15, 0.2) is 48.5 Å². The third kappa shape index (κ3) is 7.48. The van der Waals surface area contributed by atoms with Crippen LogP contribution in [0.4, 0.5) is 10.1 Å². The van der Waals surface area contributed by atoms with E-state index in [1.165, 1.54) is 24.3 Å². The van der Waals surface area contributed by atoms with Gasteiger partial charge in [0.1, 0.15) is 5.82 Å². The minimum Gasteiger partial charge on any atom is -0.352 e. The standard InChI is InChI=1S/C22H26FN3O2.ClH/c23-19-6-8-20(9-7-19)26-22(28)18-4-1-17(2-5-18)15-25-21(27)10-3-16-11-13-24-14-12-16;/h1-2,4-9,16,24H,3,10-15H2,(H,25,27)(H,26,28);1H. The summed E-state index contributed by atoms with van der Waals surface area (Å²) in [6.07, 6.45) is 3.79. The number of hydrogen-bond acceptors (Lipinski definition) is 3. The van der Waals surface area contributed by atoms with Crippen molar-refractivity contribution in [1.82, 2.24) is 10.6 Å². The lowest BCUT2D eigenvalue weighted by molar-refractivity contribution is -0.121. The molecule has 0 unspecified atom stereocenters. The molecule has 1 heterocycles. The minimum atomic E-state index is -0.347. The van der Waals surface area contributed by atoms with E-state index in [0.717, 1.165) is 37.9 Å². The first-order chi connectivity index (χ1) is 13.6. The number of rotatable bonds is 7. The lowest BCUT2D eigenvalue weighted by Crippen LogP contribution is -2.29. The molecule has 5 nitrogen and oxygen atoms in total. The molecule has 0 aliphatic carbocycles. The van der Waals surface area contributed by atoms with E-state index in [4.69, 9.17) is 0 Å². The molecule has 3 N–H and O–H groups in total. The summed E-state index contributed by atoms with van der Waals surface area (Å²) in [5, 5.41) is 9.00. The lowest BCUT2D eigenvalue weighted by atomic mass is 9.93. The number of hydrogen-bond donors (Lipinski definition) is 3. The van der Waals surface area contributed by atoms with Gasteiger partial charge in [-0.05, 0) is 80.2 Å². The van der Waals surface area contributed by atoms with Crippen LogP contribution in [0.5, 0.6) is 0 Å². The first-order valence-corrected chi connectivity index (χ1v) is 9.73. The number of nitrogens with one attached hydrogen (secondary N) is 3. The molecule has 0 spiro atoms. The quantitative estimate of drug-likeness (QED) is 0.637.